The van der Waals surface area contributed by atoms with Crippen LogP contribution in [0.25, 0.3) is 0 Å². The van der Waals surface area contributed by atoms with E-state index in [0.29, 0.717) is 6.42 Å². The van der Waals surface area contributed by atoms with Crippen LogP contribution in [0.2, 0.25) is 0 Å². The first-order chi connectivity index (χ1) is 11.8. The van der Waals surface area contributed by atoms with E-state index in [1.807, 2.05) is 91.0 Å². The molecule has 0 aromatic heterocycles. The molecular weight excluding hydrogens is 294 g/mol. The molecule has 0 fully saturated rings. The van der Waals surface area contributed by atoms with Gasteiger partial charge in [0.05, 0.1) is 5.41 Å². The topological polar surface area (TPSA) is 29.1 Å². The monoisotopic (exact) mass is 315 g/mol. The van der Waals surface area contributed by atoms with Crippen LogP contribution in [0.3, 0.4) is 0 Å². The molecule has 0 spiro atoms. The van der Waals surface area contributed by atoms with Crippen molar-refractivity contribution < 1.29 is 4.79 Å². The summed E-state index contributed by atoms with van der Waals surface area (Å²) in [4.78, 5) is 13.4. The fraction of sp³-hybridized carbons (Fsp3) is 0.136. The van der Waals surface area contributed by atoms with E-state index in [9.17, 15) is 4.79 Å². The van der Waals surface area contributed by atoms with Crippen molar-refractivity contribution in [3.63, 3.8) is 0 Å². The summed E-state index contributed by atoms with van der Waals surface area (Å²) >= 11 is 0. The molecule has 3 aromatic rings. The van der Waals surface area contributed by atoms with Crippen LogP contribution >= 0.6 is 0 Å². The first-order valence-corrected chi connectivity index (χ1v) is 8.25. The van der Waals surface area contributed by atoms with Crippen LogP contribution in [0.5, 0.6) is 0 Å². The second-order valence-corrected chi connectivity index (χ2v) is 5.81. The van der Waals surface area contributed by atoms with Gasteiger partial charge in [0.2, 0.25) is 5.91 Å². The number of benzene rings is 3. The highest BCUT2D eigenvalue weighted by molar-refractivity contribution is 6.01. The van der Waals surface area contributed by atoms with E-state index in [2.05, 4.69) is 12.2 Å². The van der Waals surface area contributed by atoms with Gasteiger partial charge in [-0.2, -0.15) is 0 Å². The molecule has 1 N–H and O–H groups in total. The van der Waals surface area contributed by atoms with Gasteiger partial charge in [0, 0.05) is 5.69 Å². The molecule has 0 aliphatic carbocycles. The second-order valence-electron chi connectivity index (χ2n) is 5.81. The van der Waals surface area contributed by atoms with Gasteiger partial charge in [-0.15, -0.1) is 0 Å². The smallest absolute Gasteiger partial charge is 0.239 e. The fourth-order valence-electron chi connectivity index (χ4n) is 3.20. The molecule has 0 aliphatic rings. The van der Waals surface area contributed by atoms with Crippen molar-refractivity contribution >= 4 is 11.6 Å². The summed E-state index contributed by atoms with van der Waals surface area (Å²) in [5.41, 5.74) is 2.12. The van der Waals surface area contributed by atoms with Gasteiger partial charge in [0.1, 0.15) is 0 Å². The Morgan fingerprint density at radius 3 is 1.58 bits per heavy atom. The number of rotatable bonds is 5. The standard InChI is InChI=1S/C22H21NO/c1-2-22(18-12-6-3-7-13-18,19-14-8-4-9-15-19)21(24)23-20-16-10-5-11-17-20/h3-17H,2H2,1H3,(H,23,24). The molecule has 0 saturated heterocycles. The van der Waals surface area contributed by atoms with Crippen LogP contribution in [0.1, 0.15) is 24.5 Å². The van der Waals surface area contributed by atoms with Gasteiger partial charge in [-0.1, -0.05) is 85.8 Å². The number of para-hydroxylation sites is 1. The van der Waals surface area contributed by atoms with Gasteiger partial charge in [-0.25, -0.2) is 0 Å². The zero-order valence-corrected chi connectivity index (χ0v) is 13.8. The molecule has 0 aliphatic heterocycles. The van der Waals surface area contributed by atoms with Crippen LogP contribution in [-0.2, 0) is 10.2 Å². The quantitative estimate of drug-likeness (QED) is 0.703. The fourth-order valence-corrected chi connectivity index (χ4v) is 3.20. The molecule has 0 saturated carbocycles. The zero-order valence-electron chi connectivity index (χ0n) is 13.8. The minimum atomic E-state index is -0.710. The molecular formula is C22H21NO. The number of nitrogens with one attached hydrogen (secondary N) is 1. The Balaban J connectivity index is 2.09. The van der Waals surface area contributed by atoms with E-state index < -0.39 is 5.41 Å². The Labute approximate surface area is 143 Å². The predicted octanol–water partition coefficient (Wildman–Crippen LogP) is 5.02. The maximum atomic E-state index is 13.4. The summed E-state index contributed by atoms with van der Waals surface area (Å²) in [7, 11) is 0. The third-order valence-corrected chi connectivity index (χ3v) is 4.48. The summed E-state index contributed by atoms with van der Waals surface area (Å²) < 4.78 is 0. The Kier molecular flexibility index (Phi) is 4.76. The Morgan fingerprint density at radius 1 is 0.750 bits per heavy atom. The summed E-state index contributed by atoms with van der Waals surface area (Å²) in [6, 6.07) is 29.6. The third kappa shape index (κ3) is 2.95. The van der Waals surface area contributed by atoms with E-state index >= 15 is 0 Å². The maximum absolute atomic E-state index is 13.4. The predicted molar refractivity (Wildman–Crippen MR) is 99.0 cm³/mol. The Morgan fingerprint density at radius 2 is 1.17 bits per heavy atom. The first-order valence-electron chi connectivity index (χ1n) is 8.25. The van der Waals surface area contributed by atoms with Gasteiger partial charge in [-0.3, -0.25) is 4.79 Å². The molecule has 0 heterocycles. The number of amides is 1. The second kappa shape index (κ2) is 7.14. The van der Waals surface area contributed by atoms with Crippen molar-refractivity contribution in [2.45, 2.75) is 18.8 Å². The lowest BCUT2D eigenvalue weighted by atomic mass is 9.71. The average molecular weight is 315 g/mol. The van der Waals surface area contributed by atoms with E-state index in [0.717, 1.165) is 16.8 Å². The molecule has 1 amide bonds. The number of hydrogen-bond acceptors (Lipinski definition) is 1. The van der Waals surface area contributed by atoms with Gasteiger partial charge in [0.25, 0.3) is 0 Å². The molecule has 2 heteroatoms. The molecule has 120 valence electrons. The van der Waals surface area contributed by atoms with E-state index in [4.69, 9.17) is 0 Å². The van der Waals surface area contributed by atoms with Crippen molar-refractivity contribution in [1.82, 2.24) is 0 Å². The van der Waals surface area contributed by atoms with Crippen molar-refractivity contribution in [3.8, 4) is 0 Å². The van der Waals surface area contributed by atoms with E-state index in [1.54, 1.807) is 0 Å². The first kappa shape index (κ1) is 16.0. The molecule has 3 aromatic carbocycles. The maximum Gasteiger partial charge on any atom is 0.239 e. The highest BCUT2D eigenvalue weighted by Gasteiger charge is 2.40. The van der Waals surface area contributed by atoms with Gasteiger partial charge in [0.15, 0.2) is 0 Å². The number of carbonyl (C=O) groups is 1. The Bertz CT molecular complexity index is 742. The van der Waals surface area contributed by atoms with Gasteiger partial charge in [-0.05, 0) is 29.7 Å². The molecule has 3 rings (SSSR count). The molecule has 0 bridgehead atoms. The average Bonchev–Trinajstić information content (AvgIpc) is 2.65. The summed E-state index contributed by atoms with van der Waals surface area (Å²) in [6.07, 6.45) is 0.680. The minimum absolute atomic E-state index is 0.00593. The minimum Gasteiger partial charge on any atom is -0.325 e. The molecule has 0 unspecified atom stereocenters. The number of hydrogen-bond donors (Lipinski definition) is 1. The van der Waals surface area contributed by atoms with E-state index in [-0.39, 0.29) is 5.91 Å². The Hall–Kier alpha value is -2.87. The number of anilines is 1. The largest absolute Gasteiger partial charge is 0.325 e. The van der Waals surface area contributed by atoms with Crippen LogP contribution in [0.4, 0.5) is 5.69 Å². The molecule has 0 atom stereocenters. The molecule has 24 heavy (non-hydrogen) atoms. The summed E-state index contributed by atoms with van der Waals surface area (Å²) in [6.45, 7) is 2.06. The summed E-state index contributed by atoms with van der Waals surface area (Å²) in [5.74, 6) is -0.00593. The van der Waals surface area contributed by atoms with Crippen LogP contribution < -0.4 is 5.32 Å². The molecule has 2 nitrogen and oxygen atoms in total. The van der Waals surface area contributed by atoms with Gasteiger partial charge >= 0.3 is 0 Å². The van der Waals surface area contributed by atoms with Gasteiger partial charge < -0.3 is 5.32 Å². The lowest BCUT2D eigenvalue weighted by molar-refractivity contribution is -0.120. The SMILES string of the molecule is CCC(C(=O)Nc1ccccc1)(c1ccccc1)c1ccccc1. The van der Waals surface area contributed by atoms with Crippen LogP contribution in [0, 0.1) is 0 Å². The van der Waals surface area contributed by atoms with Crippen molar-refractivity contribution in [2.24, 2.45) is 0 Å². The highest BCUT2D eigenvalue weighted by Crippen LogP contribution is 2.36. The third-order valence-electron chi connectivity index (χ3n) is 4.48. The van der Waals surface area contributed by atoms with Crippen molar-refractivity contribution in [2.75, 3.05) is 5.32 Å². The number of carbonyl (C=O) groups excluding carboxylic acids is 1. The van der Waals surface area contributed by atoms with Crippen LogP contribution in [-0.4, -0.2) is 5.91 Å². The zero-order chi connectivity index (χ0) is 16.8. The van der Waals surface area contributed by atoms with Crippen molar-refractivity contribution in [1.29, 1.82) is 0 Å². The lowest BCUT2D eigenvalue weighted by Gasteiger charge is -2.32. The van der Waals surface area contributed by atoms with Crippen LogP contribution in [0.15, 0.2) is 91.0 Å². The van der Waals surface area contributed by atoms with Crippen molar-refractivity contribution in [3.05, 3.63) is 102 Å². The molecule has 0 radical (unpaired) electrons. The normalized spacial score (nSPS) is 11.0. The lowest BCUT2D eigenvalue weighted by Crippen LogP contribution is -2.41. The van der Waals surface area contributed by atoms with E-state index in [1.165, 1.54) is 0 Å². The summed E-state index contributed by atoms with van der Waals surface area (Å²) in [5, 5.41) is 3.09. The highest BCUT2D eigenvalue weighted by atomic mass is 16.2.